The molecule has 3 aliphatic rings. The summed E-state index contributed by atoms with van der Waals surface area (Å²) in [5.74, 6) is 0. The van der Waals surface area contributed by atoms with Crippen molar-refractivity contribution in [2.45, 2.75) is 163 Å². The Morgan fingerprint density at radius 1 is 0.173 bits per heavy atom. The summed E-state index contributed by atoms with van der Waals surface area (Å²) in [6, 6.07) is 142. The van der Waals surface area contributed by atoms with Crippen molar-refractivity contribution in [3.8, 4) is 55.6 Å². The first-order valence-electron chi connectivity index (χ1n) is 47.7. The van der Waals surface area contributed by atoms with Crippen LogP contribution in [-0.4, -0.2) is 4.98 Å². The minimum atomic E-state index is -0.222. The van der Waals surface area contributed by atoms with Crippen LogP contribution in [-0.2, 0) is 37.9 Å². The van der Waals surface area contributed by atoms with Crippen LogP contribution in [0.4, 0.5) is 0 Å². The number of aromatic nitrogens is 1. The Morgan fingerprint density at radius 2 is 0.511 bits per heavy atom. The fourth-order valence-electron chi connectivity index (χ4n) is 22.0. The van der Waals surface area contributed by atoms with Gasteiger partial charge in [0.15, 0.2) is 0 Å². The van der Waals surface area contributed by atoms with Crippen molar-refractivity contribution in [2.24, 2.45) is 0 Å². The summed E-state index contributed by atoms with van der Waals surface area (Å²) in [7, 11) is 0. The number of rotatable bonds is 1. The first kappa shape index (κ1) is 86.9. The van der Waals surface area contributed by atoms with Crippen molar-refractivity contribution in [2.75, 3.05) is 0 Å². The van der Waals surface area contributed by atoms with Gasteiger partial charge in [-0.2, -0.15) is 0 Å². The van der Waals surface area contributed by atoms with Crippen LogP contribution in [0.3, 0.4) is 0 Å². The molecule has 0 radical (unpaired) electrons. The Bertz CT molecular complexity index is 8020. The summed E-state index contributed by atoms with van der Waals surface area (Å²) >= 11 is 0. The van der Waals surface area contributed by atoms with Crippen LogP contribution < -0.4 is 0 Å². The Kier molecular flexibility index (Phi) is 21.8. The topological polar surface area (TPSA) is 12.9 Å². The third kappa shape index (κ3) is 15.4. The molecule has 21 aromatic carbocycles. The van der Waals surface area contributed by atoms with Crippen LogP contribution in [0, 0.1) is 0 Å². The van der Waals surface area contributed by atoms with Gasteiger partial charge in [0.25, 0.3) is 0 Å². The molecule has 0 bridgehead atoms. The van der Waals surface area contributed by atoms with Gasteiger partial charge in [-0.3, -0.25) is 4.98 Å². The van der Waals surface area contributed by atoms with E-state index in [4.69, 9.17) is 0 Å². The molecule has 1 heterocycles. The van der Waals surface area contributed by atoms with Crippen molar-refractivity contribution in [3.63, 3.8) is 0 Å². The van der Waals surface area contributed by atoms with E-state index in [-0.39, 0.29) is 37.9 Å². The van der Waals surface area contributed by atoms with E-state index in [1.165, 1.54) is 224 Å². The molecule has 0 unspecified atom stereocenters. The normalized spacial score (nSPS) is 12.9. The number of benzene rings is 21. The van der Waals surface area contributed by atoms with Crippen molar-refractivity contribution < 1.29 is 0 Å². The standard InChI is InChI=1S/C29H24.C24H20.C24H22.C20H18.C18H18.C17H17N/c1-28(2,3)19-16-17-23-22-12-6-9-15-26(22)29(27(23)18-19)24-13-7-4-10-20(24)21-11-5-8-14-25(21)29;1-24(2,3)21-14-13-19-17-10-5-8-15-7-4-9-16(22(15)17)18-11-6-12-20(21)23(18)19;1-24(2,3)19-14-12-17(13-15-19)23-16-18-8-4-5-9-20(18)21-10-6-7-11-22(21)23;1-20(2,3)18-12-11-16-14-8-5-4-7-13(14)15-9-6-10-17(18)19(15)16;1-18(2,3)17-12-13-8-4-5-9-14(13)15-10-6-7-11-16(15)17;1-17(2,3)15-11-12-7-4-5-8-13(12)16-14(15)9-6-10-18-16/h4-18H,1-3H3;4-14H,1-3H3;4-16H,1-3H3;4-12H,1-3H3;4-12H,1-3H3;4-11H,1-3H3. The maximum atomic E-state index is 4.58. The third-order valence-electron chi connectivity index (χ3n) is 28.4. The van der Waals surface area contributed by atoms with Gasteiger partial charge in [0.2, 0.25) is 0 Å². The van der Waals surface area contributed by atoms with Crippen LogP contribution >= 0.6 is 0 Å². The maximum Gasteiger partial charge on any atom is 0.0783 e. The molecule has 0 saturated carbocycles. The number of hydrogen-bond donors (Lipinski definition) is 0. The molecule has 0 saturated heterocycles. The number of pyridine rings is 1. The Morgan fingerprint density at radius 3 is 1.04 bits per heavy atom. The fraction of sp³-hybridized carbons (Fsp3) is 0.189. The Balaban J connectivity index is 0.000000100. The van der Waals surface area contributed by atoms with Crippen molar-refractivity contribution in [1.82, 2.24) is 4.98 Å². The smallest absolute Gasteiger partial charge is 0.0783 e. The van der Waals surface area contributed by atoms with Crippen molar-refractivity contribution in [1.29, 1.82) is 0 Å². The second-order valence-corrected chi connectivity index (χ2v) is 43.2. The molecule has 1 nitrogen and oxygen atoms in total. The summed E-state index contributed by atoms with van der Waals surface area (Å²) in [4.78, 5) is 4.58. The minimum absolute atomic E-state index is 0.114. The van der Waals surface area contributed by atoms with Crippen molar-refractivity contribution in [3.05, 3.63) is 450 Å². The molecule has 3 aliphatic carbocycles. The van der Waals surface area contributed by atoms with Crippen LogP contribution in [0.15, 0.2) is 394 Å². The molecule has 133 heavy (non-hydrogen) atoms. The van der Waals surface area contributed by atoms with Crippen LogP contribution in [0.5, 0.6) is 0 Å². The molecule has 1 spiro atoms. The van der Waals surface area contributed by atoms with E-state index in [2.05, 4.69) is 512 Å². The molecule has 0 atom stereocenters. The highest BCUT2D eigenvalue weighted by atomic mass is 14.7. The first-order chi connectivity index (χ1) is 63.8. The number of hydrogen-bond acceptors (Lipinski definition) is 1. The monoisotopic (exact) mass is 1720 g/mol. The zero-order chi connectivity index (χ0) is 92.4. The number of fused-ring (bicyclic) bond motifs is 24. The fourth-order valence-corrected chi connectivity index (χ4v) is 22.0. The SMILES string of the molecule is CC(C)(C)c1cc2ccccc2c2ccccc12.CC(C)(C)c1cc2ccccc2c2ncccc12.CC(C)(C)c1ccc(-c2cc3ccccc3c3ccccc23)cc1.CC(C)(C)c1ccc2c(c1)C1(c3ccccc3-c3ccccc31)c1ccccc1-2.CC(C)(C)c1ccc2c3c(cccc13)-c1ccccc1-2.CC(C)(C)c1ccc2c3cccc4cccc(c5cccc1c52)c43. The highest BCUT2D eigenvalue weighted by Gasteiger charge is 2.52. The molecule has 652 valence electrons. The molecule has 1 heteroatoms. The maximum absolute atomic E-state index is 4.58. The van der Waals surface area contributed by atoms with Gasteiger partial charge in [-0.1, -0.05) is 489 Å². The lowest BCUT2D eigenvalue weighted by Crippen LogP contribution is -2.26. The van der Waals surface area contributed by atoms with Gasteiger partial charge in [0, 0.05) is 17.0 Å². The summed E-state index contributed by atoms with van der Waals surface area (Å²) < 4.78 is 0. The molecule has 0 amide bonds. The molecule has 0 fully saturated rings. The molecule has 0 aliphatic heterocycles. The Hall–Kier alpha value is -14.1. The molecule has 25 rings (SSSR count). The molecule has 1 aromatic heterocycles. The lowest BCUT2D eigenvalue weighted by atomic mass is 9.69. The van der Waals surface area contributed by atoms with E-state index < -0.39 is 0 Å². The van der Waals surface area contributed by atoms with E-state index in [1.54, 1.807) is 0 Å². The predicted molar refractivity (Wildman–Crippen MR) is 579 cm³/mol. The zero-order valence-electron chi connectivity index (χ0n) is 80.5. The predicted octanol–water partition coefficient (Wildman–Crippen LogP) is 37.1. The lowest BCUT2D eigenvalue weighted by molar-refractivity contribution is 0.588. The molecule has 22 aromatic rings. The lowest BCUT2D eigenvalue weighted by Gasteiger charge is -2.31. The largest absolute Gasteiger partial charge is 0.256 e. The quantitative estimate of drug-likeness (QED) is 0.118. The van der Waals surface area contributed by atoms with Gasteiger partial charge in [0.05, 0.1) is 10.9 Å². The van der Waals surface area contributed by atoms with Gasteiger partial charge in [-0.25, -0.2) is 0 Å². The average Bonchev–Trinajstić information content (AvgIpc) is 1.52. The van der Waals surface area contributed by atoms with E-state index in [0.717, 1.165) is 5.52 Å². The van der Waals surface area contributed by atoms with Gasteiger partial charge < -0.3 is 0 Å². The first-order valence-corrected chi connectivity index (χ1v) is 47.7. The van der Waals surface area contributed by atoms with Gasteiger partial charge in [-0.05, 0) is 270 Å². The highest BCUT2D eigenvalue weighted by Crippen LogP contribution is 2.63. The van der Waals surface area contributed by atoms with Crippen LogP contribution in [0.2, 0.25) is 0 Å². The van der Waals surface area contributed by atoms with E-state index in [9.17, 15) is 0 Å². The van der Waals surface area contributed by atoms with Gasteiger partial charge in [-0.15, -0.1) is 0 Å². The van der Waals surface area contributed by atoms with Crippen molar-refractivity contribution >= 4 is 119 Å². The van der Waals surface area contributed by atoms with Crippen LogP contribution in [0.1, 0.15) is 180 Å². The molecule has 0 N–H and O–H groups in total. The summed E-state index contributed by atoms with van der Waals surface area (Å²) in [6.45, 7) is 41.1. The molecular formula is C132H119N. The minimum Gasteiger partial charge on any atom is -0.256 e. The highest BCUT2D eigenvalue weighted by molar-refractivity contribution is 6.33. The van der Waals surface area contributed by atoms with Gasteiger partial charge >= 0.3 is 0 Å². The summed E-state index contributed by atoms with van der Waals surface area (Å²) in [6.07, 6.45) is 1.88. The third-order valence-corrected chi connectivity index (χ3v) is 28.4. The second-order valence-electron chi connectivity index (χ2n) is 43.2. The van der Waals surface area contributed by atoms with E-state index in [1.807, 2.05) is 12.3 Å². The Labute approximate surface area is 786 Å². The van der Waals surface area contributed by atoms with E-state index in [0.29, 0.717) is 0 Å². The number of nitrogens with zero attached hydrogens (tertiary/aromatic N) is 1. The molecular weight excluding hydrogens is 1600 g/mol. The second kappa shape index (κ2) is 33.3. The zero-order valence-corrected chi connectivity index (χ0v) is 80.5. The summed E-state index contributed by atoms with van der Waals surface area (Å²) in [5.41, 5.74) is 29.5. The average molecular weight is 1720 g/mol. The summed E-state index contributed by atoms with van der Waals surface area (Å²) in [5, 5.41) is 28.3. The van der Waals surface area contributed by atoms with Crippen LogP contribution in [0.25, 0.3) is 174 Å². The van der Waals surface area contributed by atoms with E-state index >= 15 is 0 Å². The van der Waals surface area contributed by atoms with Gasteiger partial charge in [0.1, 0.15) is 0 Å².